The van der Waals surface area contributed by atoms with Crippen LogP contribution in [0.3, 0.4) is 0 Å². The smallest absolute Gasteiger partial charge is 0.225 e. The first-order valence-corrected chi connectivity index (χ1v) is 9.13. The topological polar surface area (TPSA) is 80.1 Å². The quantitative estimate of drug-likeness (QED) is 0.853. The number of carbonyl (C=O) groups is 2. The highest BCUT2D eigenvalue weighted by atomic mass is 16.2. The number of rotatable bonds is 5. The van der Waals surface area contributed by atoms with Crippen molar-refractivity contribution in [2.45, 2.75) is 58.0 Å². The molecule has 2 atom stereocenters. The zero-order valence-electron chi connectivity index (χ0n) is 14.2. The van der Waals surface area contributed by atoms with Crippen molar-refractivity contribution in [3.8, 4) is 0 Å². The summed E-state index contributed by atoms with van der Waals surface area (Å²) in [5.41, 5.74) is 0. The number of likely N-dealkylation sites (tertiary alicyclic amines) is 1. The van der Waals surface area contributed by atoms with Crippen LogP contribution >= 0.6 is 0 Å². The number of carbonyl (C=O) groups excluding carboxylic acids is 2. The van der Waals surface area contributed by atoms with Gasteiger partial charge in [-0.3, -0.25) is 9.59 Å². The third kappa shape index (κ3) is 3.03. The molecule has 0 radical (unpaired) electrons. The zero-order chi connectivity index (χ0) is 16.7. The van der Waals surface area contributed by atoms with E-state index in [0.29, 0.717) is 18.9 Å². The molecule has 1 aromatic heterocycles. The minimum atomic E-state index is -0.191. The lowest BCUT2D eigenvalue weighted by Crippen LogP contribution is -2.44. The number of aromatic nitrogens is 3. The van der Waals surface area contributed by atoms with Crippen LogP contribution < -0.4 is 5.32 Å². The van der Waals surface area contributed by atoms with Gasteiger partial charge in [0.05, 0.1) is 5.92 Å². The molecule has 1 aromatic rings. The van der Waals surface area contributed by atoms with E-state index in [9.17, 15) is 9.59 Å². The number of nitrogens with zero attached hydrogens (tertiary/aromatic N) is 4. The highest BCUT2D eigenvalue weighted by molar-refractivity contribution is 5.89. The molecular weight excluding hydrogens is 306 g/mol. The molecule has 0 aromatic carbocycles. The second kappa shape index (κ2) is 6.18. The lowest BCUT2D eigenvalue weighted by molar-refractivity contribution is -0.129. The predicted molar refractivity (Wildman–Crippen MR) is 87.1 cm³/mol. The van der Waals surface area contributed by atoms with Gasteiger partial charge in [0.15, 0.2) is 0 Å². The normalized spacial score (nSPS) is 26.5. The molecule has 2 aliphatic heterocycles. The Hall–Kier alpha value is -1.92. The molecule has 7 nitrogen and oxygen atoms in total. The fraction of sp³-hybridized carbons (Fsp3) is 0.765. The van der Waals surface area contributed by atoms with Crippen LogP contribution in [0.1, 0.15) is 44.3 Å². The van der Waals surface area contributed by atoms with Crippen LogP contribution in [0.2, 0.25) is 0 Å². The van der Waals surface area contributed by atoms with Crippen LogP contribution in [0.4, 0.5) is 0 Å². The number of aryl methyl sites for hydroxylation is 2. The van der Waals surface area contributed by atoms with Gasteiger partial charge in [0.25, 0.3) is 0 Å². The van der Waals surface area contributed by atoms with Crippen molar-refractivity contribution < 1.29 is 9.59 Å². The Bertz CT molecular complexity index is 638. The first-order valence-electron chi connectivity index (χ1n) is 9.13. The van der Waals surface area contributed by atoms with E-state index in [2.05, 4.69) is 27.0 Å². The number of hydrogen-bond donors (Lipinski definition) is 1. The molecular formula is C17H25N5O2. The lowest BCUT2D eigenvalue weighted by Gasteiger charge is -2.26. The summed E-state index contributed by atoms with van der Waals surface area (Å²) in [7, 11) is 0. The van der Waals surface area contributed by atoms with E-state index in [4.69, 9.17) is 0 Å². The molecule has 0 bridgehead atoms. The highest BCUT2D eigenvalue weighted by Crippen LogP contribution is 2.32. The van der Waals surface area contributed by atoms with Crippen molar-refractivity contribution in [3.05, 3.63) is 11.6 Å². The zero-order valence-corrected chi connectivity index (χ0v) is 14.2. The largest absolute Gasteiger partial charge is 0.351 e. The van der Waals surface area contributed by atoms with Crippen LogP contribution in [0.25, 0.3) is 0 Å². The van der Waals surface area contributed by atoms with Gasteiger partial charge in [-0.05, 0) is 25.2 Å². The molecule has 3 heterocycles. The van der Waals surface area contributed by atoms with Gasteiger partial charge in [-0.1, -0.05) is 6.92 Å². The van der Waals surface area contributed by atoms with E-state index in [1.165, 1.54) is 12.8 Å². The van der Waals surface area contributed by atoms with Gasteiger partial charge in [0.2, 0.25) is 11.8 Å². The molecule has 3 aliphatic rings. The second-order valence-electron chi connectivity index (χ2n) is 7.38. The van der Waals surface area contributed by atoms with Gasteiger partial charge in [-0.25, -0.2) is 0 Å². The molecule has 1 saturated heterocycles. The van der Waals surface area contributed by atoms with Crippen molar-refractivity contribution in [3.63, 3.8) is 0 Å². The van der Waals surface area contributed by atoms with Crippen molar-refractivity contribution in [2.24, 2.45) is 11.8 Å². The number of fused-ring (bicyclic) bond motifs is 1. The van der Waals surface area contributed by atoms with E-state index in [-0.39, 0.29) is 23.8 Å². The molecule has 1 aliphatic carbocycles. The maximum Gasteiger partial charge on any atom is 0.225 e. The van der Waals surface area contributed by atoms with Crippen LogP contribution in [-0.4, -0.2) is 50.6 Å². The first-order chi connectivity index (χ1) is 11.6. The molecule has 1 saturated carbocycles. The van der Waals surface area contributed by atoms with Crippen molar-refractivity contribution in [1.29, 1.82) is 0 Å². The van der Waals surface area contributed by atoms with Gasteiger partial charge >= 0.3 is 0 Å². The lowest BCUT2D eigenvalue weighted by atomic mass is 10.0. The minimum Gasteiger partial charge on any atom is -0.351 e. The Morgan fingerprint density at radius 1 is 1.25 bits per heavy atom. The summed E-state index contributed by atoms with van der Waals surface area (Å²) in [5.74, 6) is 2.65. The minimum absolute atomic E-state index is 0.0289. The Balaban J connectivity index is 1.34. The summed E-state index contributed by atoms with van der Waals surface area (Å²) in [6.07, 6.45) is 5.40. The number of hydrogen-bond acceptors (Lipinski definition) is 4. The van der Waals surface area contributed by atoms with Crippen LogP contribution in [0, 0.1) is 11.8 Å². The van der Waals surface area contributed by atoms with Crippen LogP contribution in [0.5, 0.6) is 0 Å². The number of nitrogens with one attached hydrogen (secondary N) is 1. The summed E-state index contributed by atoms with van der Waals surface area (Å²) in [5, 5.41) is 11.6. The molecule has 4 rings (SSSR count). The van der Waals surface area contributed by atoms with Gasteiger partial charge in [-0.15, -0.1) is 10.2 Å². The van der Waals surface area contributed by atoms with Crippen molar-refractivity contribution >= 4 is 11.8 Å². The van der Waals surface area contributed by atoms with E-state index in [1.54, 1.807) is 0 Å². The molecule has 0 spiro atoms. The molecule has 24 heavy (non-hydrogen) atoms. The van der Waals surface area contributed by atoms with Gasteiger partial charge in [0.1, 0.15) is 11.6 Å². The Morgan fingerprint density at radius 2 is 2.08 bits per heavy atom. The Kier molecular flexibility index (Phi) is 4.02. The highest BCUT2D eigenvalue weighted by Gasteiger charge is 2.38. The van der Waals surface area contributed by atoms with E-state index in [0.717, 1.165) is 44.0 Å². The predicted octanol–water partition coefficient (Wildman–Crippen LogP) is 0.530. The standard InChI is InChI=1S/C17H25N5O2/c1-2-14-19-20-15-6-5-13(10-22(14)15)18-17(24)12-7-16(23)21(9-12)8-11-3-4-11/h11-13H,2-10H2,1H3,(H,18,24)/t12-,13-/m0/s1. The SMILES string of the molecule is CCc1nnc2n1C[C@@H](NC(=O)[C@H]1CC(=O)N(CC3CC3)C1)CC2. The summed E-state index contributed by atoms with van der Waals surface area (Å²) in [4.78, 5) is 26.5. The Labute approximate surface area is 141 Å². The average molecular weight is 331 g/mol. The van der Waals surface area contributed by atoms with Gasteiger partial charge in [0, 0.05) is 44.9 Å². The summed E-state index contributed by atoms with van der Waals surface area (Å²) < 4.78 is 2.13. The fourth-order valence-electron chi connectivity index (χ4n) is 3.82. The van der Waals surface area contributed by atoms with E-state index in [1.807, 2.05) is 4.90 Å². The first kappa shape index (κ1) is 15.6. The van der Waals surface area contributed by atoms with Gasteiger partial charge in [-0.2, -0.15) is 0 Å². The maximum atomic E-state index is 12.6. The number of amides is 2. The van der Waals surface area contributed by atoms with E-state index >= 15 is 0 Å². The molecule has 1 N–H and O–H groups in total. The van der Waals surface area contributed by atoms with E-state index < -0.39 is 0 Å². The molecule has 2 amide bonds. The van der Waals surface area contributed by atoms with Crippen LogP contribution in [-0.2, 0) is 29.0 Å². The molecule has 2 fully saturated rings. The third-order valence-corrected chi connectivity index (χ3v) is 5.45. The summed E-state index contributed by atoms with van der Waals surface area (Å²) in [6.45, 7) is 4.24. The Morgan fingerprint density at radius 3 is 2.83 bits per heavy atom. The fourth-order valence-corrected chi connectivity index (χ4v) is 3.82. The van der Waals surface area contributed by atoms with Crippen LogP contribution in [0.15, 0.2) is 0 Å². The summed E-state index contributed by atoms with van der Waals surface area (Å²) >= 11 is 0. The molecule has 7 heteroatoms. The van der Waals surface area contributed by atoms with Crippen molar-refractivity contribution in [2.75, 3.05) is 13.1 Å². The third-order valence-electron chi connectivity index (χ3n) is 5.45. The average Bonchev–Trinajstić information content (AvgIpc) is 3.18. The second-order valence-corrected chi connectivity index (χ2v) is 7.38. The van der Waals surface area contributed by atoms with Crippen molar-refractivity contribution in [1.82, 2.24) is 25.0 Å². The molecule has 130 valence electrons. The maximum absolute atomic E-state index is 12.6. The summed E-state index contributed by atoms with van der Waals surface area (Å²) in [6, 6.07) is 0.110. The van der Waals surface area contributed by atoms with Gasteiger partial charge < -0.3 is 14.8 Å². The molecule has 0 unspecified atom stereocenters. The monoisotopic (exact) mass is 331 g/mol.